The highest BCUT2D eigenvalue weighted by atomic mass is 32.2. The highest BCUT2D eigenvalue weighted by molar-refractivity contribution is 8.26. The molecule has 0 radical (unpaired) electrons. The number of carbonyl (C=O) groups excluding carboxylic acids is 1. The number of thioether (sulfide) groups is 1. The van der Waals surface area contributed by atoms with Gasteiger partial charge in [-0.1, -0.05) is 67.3 Å². The lowest BCUT2D eigenvalue weighted by atomic mass is 10.1. The maximum atomic E-state index is 13.9. The Labute approximate surface area is 224 Å². The van der Waals surface area contributed by atoms with E-state index in [1.807, 2.05) is 73.8 Å². The standard InChI is InChI=1S/C29H24FN3O2S2/c1-2-16-32-28(34)26(37-29(32)36)17-22-18-33(23-9-4-3-5-10-23)31-27(22)20-12-14-24(15-13-20)35-19-21-8-6-7-11-25(21)30/h3-15,17-18H,2,16,19H2,1H3/b26-17+. The van der Waals surface area contributed by atoms with E-state index in [2.05, 4.69) is 0 Å². The lowest BCUT2D eigenvalue weighted by molar-refractivity contribution is -0.122. The first kappa shape index (κ1) is 24.9. The molecule has 186 valence electrons. The summed E-state index contributed by atoms with van der Waals surface area (Å²) in [6.45, 7) is 2.76. The number of hydrogen-bond donors (Lipinski definition) is 0. The highest BCUT2D eigenvalue weighted by Crippen LogP contribution is 2.35. The topological polar surface area (TPSA) is 47.4 Å². The second kappa shape index (κ2) is 11.1. The third-order valence-electron chi connectivity index (χ3n) is 5.85. The average Bonchev–Trinajstić information content (AvgIpc) is 3.46. The van der Waals surface area contributed by atoms with Gasteiger partial charge in [-0.15, -0.1) is 0 Å². The second-order valence-electron chi connectivity index (χ2n) is 8.45. The lowest BCUT2D eigenvalue weighted by Gasteiger charge is -2.11. The smallest absolute Gasteiger partial charge is 0.266 e. The van der Waals surface area contributed by atoms with Gasteiger partial charge < -0.3 is 4.74 Å². The number of halogens is 1. The molecule has 0 bridgehead atoms. The van der Waals surface area contributed by atoms with Gasteiger partial charge in [-0.05, 0) is 55.0 Å². The molecule has 0 unspecified atom stereocenters. The maximum Gasteiger partial charge on any atom is 0.266 e. The number of thiocarbonyl (C=S) groups is 1. The fraction of sp³-hybridized carbons (Fsp3) is 0.138. The largest absolute Gasteiger partial charge is 0.489 e. The second-order valence-corrected chi connectivity index (χ2v) is 10.1. The Morgan fingerprint density at radius 2 is 1.76 bits per heavy atom. The van der Waals surface area contributed by atoms with Gasteiger partial charge in [0.25, 0.3) is 5.91 Å². The molecule has 37 heavy (non-hydrogen) atoms. The molecular weight excluding hydrogens is 505 g/mol. The molecule has 0 N–H and O–H groups in total. The van der Waals surface area contributed by atoms with E-state index in [0.717, 1.165) is 28.9 Å². The molecule has 8 heteroatoms. The van der Waals surface area contributed by atoms with Crippen LogP contribution in [0.15, 0.2) is 90.0 Å². The summed E-state index contributed by atoms with van der Waals surface area (Å²) in [5.41, 5.74) is 3.80. The summed E-state index contributed by atoms with van der Waals surface area (Å²) < 4.78 is 22.1. The first-order chi connectivity index (χ1) is 18.0. The van der Waals surface area contributed by atoms with Gasteiger partial charge in [-0.3, -0.25) is 9.69 Å². The number of rotatable bonds is 8. The van der Waals surface area contributed by atoms with E-state index in [9.17, 15) is 9.18 Å². The van der Waals surface area contributed by atoms with Crippen LogP contribution >= 0.6 is 24.0 Å². The van der Waals surface area contributed by atoms with Gasteiger partial charge in [0.05, 0.1) is 16.3 Å². The quantitative estimate of drug-likeness (QED) is 0.184. The van der Waals surface area contributed by atoms with Crippen LogP contribution in [0, 0.1) is 5.82 Å². The first-order valence-corrected chi connectivity index (χ1v) is 13.1. The molecule has 1 aromatic heterocycles. The van der Waals surface area contributed by atoms with Crippen molar-refractivity contribution >= 4 is 40.3 Å². The molecule has 5 rings (SSSR count). The van der Waals surface area contributed by atoms with Crippen molar-refractivity contribution in [2.75, 3.05) is 6.54 Å². The molecule has 0 spiro atoms. The minimum atomic E-state index is -0.292. The van der Waals surface area contributed by atoms with E-state index in [-0.39, 0.29) is 18.3 Å². The van der Waals surface area contributed by atoms with Gasteiger partial charge in [-0.25, -0.2) is 9.07 Å². The molecule has 0 saturated carbocycles. The van der Waals surface area contributed by atoms with Crippen molar-refractivity contribution in [1.82, 2.24) is 14.7 Å². The van der Waals surface area contributed by atoms with E-state index in [0.29, 0.717) is 27.1 Å². The van der Waals surface area contributed by atoms with Crippen molar-refractivity contribution in [2.45, 2.75) is 20.0 Å². The van der Waals surface area contributed by atoms with Crippen molar-refractivity contribution in [3.8, 4) is 22.7 Å². The Morgan fingerprint density at radius 1 is 1.03 bits per heavy atom. The lowest BCUT2D eigenvalue weighted by Crippen LogP contribution is -2.28. The molecule has 1 aliphatic heterocycles. The third-order valence-corrected chi connectivity index (χ3v) is 7.23. The summed E-state index contributed by atoms with van der Waals surface area (Å²) >= 11 is 6.75. The summed E-state index contributed by atoms with van der Waals surface area (Å²) in [5.74, 6) is 0.253. The Bertz CT molecular complexity index is 1470. The monoisotopic (exact) mass is 529 g/mol. The normalized spacial score (nSPS) is 14.5. The summed E-state index contributed by atoms with van der Waals surface area (Å²) in [5, 5.41) is 4.84. The van der Waals surface area contributed by atoms with Crippen LogP contribution in [0.25, 0.3) is 23.0 Å². The Hall–Kier alpha value is -3.75. The zero-order valence-corrected chi connectivity index (χ0v) is 21.8. The molecule has 1 fully saturated rings. The first-order valence-electron chi connectivity index (χ1n) is 11.9. The molecule has 4 aromatic rings. The summed E-state index contributed by atoms with van der Waals surface area (Å²) in [6, 6.07) is 23.9. The molecule has 1 amide bonds. The zero-order valence-electron chi connectivity index (χ0n) is 20.1. The van der Waals surface area contributed by atoms with Gasteiger partial charge in [-0.2, -0.15) is 5.10 Å². The fourth-order valence-electron chi connectivity index (χ4n) is 3.97. The van der Waals surface area contributed by atoms with E-state index >= 15 is 0 Å². The van der Waals surface area contributed by atoms with Gasteiger partial charge in [0.2, 0.25) is 0 Å². The number of carbonyl (C=O) groups is 1. The van der Waals surface area contributed by atoms with Crippen molar-refractivity contribution in [3.05, 3.63) is 107 Å². The van der Waals surface area contributed by atoms with Gasteiger partial charge in [0.1, 0.15) is 22.5 Å². The van der Waals surface area contributed by atoms with Gasteiger partial charge in [0, 0.05) is 29.4 Å². The van der Waals surface area contributed by atoms with Crippen LogP contribution in [0.1, 0.15) is 24.5 Å². The van der Waals surface area contributed by atoms with Crippen LogP contribution in [0.2, 0.25) is 0 Å². The fourth-order valence-corrected chi connectivity index (χ4v) is 5.27. The molecular formula is C29H24FN3O2S2. The van der Waals surface area contributed by atoms with Crippen molar-refractivity contribution in [1.29, 1.82) is 0 Å². The summed E-state index contributed by atoms with van der Waals surface area (Å²) in [6.07, 6.45) is 4.61. The van der Waals surface area contributed by atoms with Crippen LogP contribution in [0.4, 0.5) is 4.39 Å². The number of benzene rings is 3. The Kier molecular flexibility index (Phi) is 7.48. The molecule has 0 aliphatic carbocycles. The number of amides is 1. The maximum absolute atomic E-state index is 13.9. The minimum absolute atomic E-state index is 0.0767. The third kappa shape index (κ3) is 5.50. The van der Waals surface area contributed by atoms with Crippen LogP contribution in [-0.2, 0) is 11.4 Å². The summed E-state index contributed by atoms with van der Waals surface area (Å²) in [4.78, 5) is 15.2. The molecule has 1 saturated heterocycles. The van der Waals surface area contributed by atoms with Crippen LogP contribution in [0.5, 0.6) is 5.75 Å². The van der Waals surface area contributed by atoms with Crippen molar-refractivity contribution in [3.63, 3.8) is 0 Å². The Balaban J connectivity index is 1.45. The van der Waals surface area contributed by atoms with Crippen LogP contribution in [-0.4, -0.2) is 31.5 Å². The predicted octanol–water partition coefficient (Wildman–Crippen LogP) is 6.87. The summed E-state index contributed by atoms with van der Waals surface area (Å²) in [7, 11) is 0. The number of nitrogens with zero attached hydrogens (tertiary/aromatic N) is 3. The molecule has 0 atom stereocenters. The average molecular weight is 530 g/mol. The van der Waals surface area contributed by atoms with E-state index < -0.39 is 0 Å². The Morgan fingerprint density at radius 3 is 2.49 bits per heavy atom. The minimum Gasteiger partial charge on any atom is -0.489 e. The zero-order chi connectivity index (χ0) is 25.8. The van der Waals surface area contributed by atoms with E-state index in [1.165, 1.54) is 17.8 Å². The van der Waals surface area contributed by atoms with E-state index in [4.69, 9.17) is 22.1 Å². The predicted molar refractivity (Wildman–Crippen MR) is 150 cm³/mol. The van der Waals surface area contributed by atoms with Gasteiger partial charge in [0.15, 0.2) is 0 Å². The number of para-hydroxylation sites is 1. The van der Waals surface area contributed by atoms with Crippen LogP contribution in [0.3, 0.4) is 0 Å². The molecule has 3 aromatic carbocycles. The highest BCUT2D eigenvalue weighted by Gasteiger charge is 2.31. The number of hydrogen-bond acceptors (Lipinski definition) is 5. The number of ether oxygens (including phenoxy) is 1. The van der Waals surface area contributed by atoms with Gasteiger partial charge >= 0.3 is 0 Å². The molecule has 2 heterocycles. The van der Waals surface area contributed by atoms with Crippen molar-refractivity contribution < 1.29 is 13.9 Å². The molecule has 5 nitrogen and oxygen atoms in total. The molecule has 1 aliphatic rings. The SMILES string of the molecule is CCCN1C(=O)/C(=C\c2cn(-c3ccccc3)nc2-c2ccc(OCc3ccccc3F)cc2)SC1=S. The van der Waals surface area contributed by atoms with E-state index in [1.54, 1.807) is 27.8 Å². The number of aromatic nitrogens is 2. The van der Waals surface area contributed by atoms with Crippen molar-refractivity contribution in [2.24, 2.45) is 0 Å². The van der Waals surface area contributed by atoms with Crippen LogP contribution < -0.4 is 4.74 Å².